The van der Waals surface area contributed by atoms with Crippen LogP contribution < -0.4 is 10.2 Å². The summed E-state index contributed by atoms with van der Waals surface area (Å²) in [6.07, 6.45) is 0. The molecule has 1 unspecified atom stereocenters. The molecular weight excluding hydrogens is 442 g/mol. The van der Waals surface area contributed by atoms with Gasteiger partial charge < -0.3 is 10.2 Å². The van der Waals surface area contributed by atoms with Crippen molar-refractivity contribution >= 4 is 35.1 Å². The van der Waals surface area contributed by atoms with Crippen molar-refractivity contribution in [2.24, 2.45) is 0 Å². The summed E-state index contributed by atoms with van der Waals surface area (Å²) in [6.45, 7) is 7.33. The minimum atomic E-state index is -1.04. The van der Waals surface area contributed by atoms with E-state index in [1.54, 1.807) is 16.7 Å². The molecule has 1 saturated heterocycles. The van der Waals surface area contributed by atoms with Crippen molar-refractivity contribution in [2.45, 2.75) is 38.1 Å². The molecule has 5 rings (SSSR count). The average Bonchev–Trinajstić information content (AvgIpc) is 3.38. The third kappa shape index (κ3) is 3.76. The van der Waals surface area contributed by atoms with Crippen molar-refractivity contribution in [3.63, 3.8) is 0 Å². The molecule has 0 bridgehead atoms. The van der Waals surface area contributed by atoms with E-state index >= 15 is 0 Å². The zero-order valence-corrected chi connectivity index (χ0v) is 20.6. The standard InChI is InChI=1S/C28H29N3O2S/c1-19(2)22-12-14-23(15-13-22)29-27(33)31-16-17-34-28(31)24-6-4-5-7-25(24)30(26(28)32)18-21-10-8-20(3)9-11-21/h4-15,19H,16-18H2,1-3H3,(H,29,33). The van der Waals surface area contributed by atoms with Gasteiger partial charge in [-0.3, -0.25) is 9.69 Å². The van der Waals surface area contributed by atoms with Gasteiger partial charge in [-0.25, -0.2) is 4.79 Å². The van der Waals surface area contributed by atoms with Crippen LogP contribution in [0.15, 0.2) is 72.8 Å². The number of anilines is 2. The monoisotopic (exact) mass is 471 g/mol. The van der Waals surface area contributed by atoms with Gasteiger partial charge in [0.1, 0.15) is 0 Å². The average molecular weight is 472 g/mol. The van der Waals surface area contributed by atoms with Crippen molar-refractivity contribution < 1.29 is 9.59 Å². The van der Waals surface area contributed by atoms with Crippen LogP contribution in [0.5, 0.6) is 0 Å². The molecule has 34 heavy (non-hydrogen) atoms. The maximum atomic E-state index is 14.0. The minimum Gasteiger partial charge on any atom is -0.308 e. The van der Waals surface area contributed by atoms with Gasteiger partial charge in [-0.1, -0.05) is 74.0 Å². The highest BCUT2D eigenvalue weighted by atomic mass is 32.2. The molecule has 3 aromatic rings. The van der Waals surface area contributed by atoms with Gasteiger partial charge in [0.05, 0.1) is 12.2 Å². The number of hydrogen-bond donors (Lipinski definition) is 1. The summed E-state index contributed by atoms with van der Waals surface area (Å²) >= 11 is 1.55. The van der Waals surface area contributed by atoms with Crippen LogP contribution >= 0.6 is 11.8 Å². The molecule has 0 aromatic heterocycles. The Morgan fingerprint density at radius 1 is 1.03 bits per heavy atom. The number of nitrogens with zero attached hydrogens (tertiary/aromatic N) is 2. The summed E-state index contributed by atoms with van der Waals surface area (Å²) in [4.78, 5) is 30.0. The molecule has 0 saturated carbocycles. The lowest BCUT2D eigenvalue weighted by Gasteiger charge is -2.33. The van der Waals surface area contributed by atoms with E-state index in [4.69, 9.17) is 0 Å². The van der Waals surface area contributed by atoms with Crippen LogP contribution in [0, 0.1) is 6.92 Å². The van der Waals surface area contributed by atoms with Crippen molar-refractivity contribution in [3.8, 4) is 0 Å². The SMILES string of the molecule is Cc1ccc(CN2C(=O)C3(SCCN3C(=O)Nc3ccc(C(C)C)cc3)c3ccccc32)cc1. The predicted molar refractivity (Wildman–Crippen MR) is 139 cm³/mol. The van der Waals surface area contributed by atoms with Gasteiger partial charge in [0.25, 0.3) is 5.91 Å². The fraction of sp³-hybridized carbons (Fsp3) is 0.286. The molecule has 2 heterocycles. The Hall–Kier alpha value is -3.25. The van der Waals surface area contributed by atoms with Gasteiger partial charge in [-0.2, -0.15) is 0 Å². The van der Waals surface area contributed by atoms with Crippen molar-refractivity contribution in [2.75, 3.05) is 22.5 Å². The highest BCUT2D eigenvalue weighted by Crippen LogP contribution is 2.54. The first-order chi connectivity index (χ1) is 16.4. The summed E-state index contributed by atoms with van der Waals surface area (Å²) < 4.78 is 0. The van der Waals surface area contributed by atoms with Crippen molar-refractivity contribution in [1.29, 1.82) is 0 Å². The molecule has 1 spiro atoms. The molecule has 3 amide bonds. The van der Waals surface area contributed by atoms with E-state index in [0.717, 1.165) is 22.5 Å². The van der Waals surface area contributed by atoms with E-state index < -0.39 is 4.87 Å². The maximum Gasteiger partial charge on any atom is 0.323 e. The van der Waals surface area contributed by atoms with Crippen LogP contribution in [0.3, 0.4) is 0 Å². The van der Waals surface area contributed by atoms with Gasteiger partial charge in [0, 0.05) is 23.5 Å². The number of urea groups is 1. The molecule has 2 aliphatic heterocycles. The van der Waals surface area contributed by atoms with Crippen LogP contribution in [0.1, 0.15) is 42.0 Å². The molecule has 1 N–H and O–H groups in total. The highest BCUT2D eigenvalue weighted by molar-refractivity contribution is 8.01. The number of fused-ring (bicyclic) bond motifs is 2. The van der Waals surface area contributed by atoms with E-state index in [2.05, 4.69) is 50.4 Å². The molecule has 5 nitrogen and oxygen atoms in total. The maximum absolute atomic E-state index is 14.0. The number of hydrogen-bond acceptors (Lipinski definition) is 3. The molecule has 2 aliphatic rings. The minimum absolute atomic E-state index is 0.0536. The van der Waals surface area contributed by atoms with Crippen LogP contribution in [0.2, 0.25) is 0 Å². The molecule has 0 aliphatic carbocycles. The number of carbonyl (C=O) groups excluding carboxylic acids is 2. The van der Waals surface area contributed by atoms with Gasteiger partial charge in [0.2, 0.25) is 0 Å². The first kappa shape index (κ1) is 22.5. The fourth-order valence-electron chi connectivity index (χ4n) is 4.74. The zero-order chi connectivity index (χ0) is 23.9. The summed E-state index contributed by atoms with van der Waals surface area (Å²) in [5.41, 5.74) is 5.97. The number of nitrogens with one attached hydrogen (secondary N) is 1. The van der Waals surface area contributed by atoms with Crippen LogP contribution in [-0.4, -0.2) is 29.1 Å². The molecule has 174 valence electrons. The van der Waals surface area contributed by atoms with Crippen molar-refractivity contribution in [3.05, 3.63) is 95.1 Å². The van der Waals surface area contributed by atoms with E-state index in [1.165, 1.54) is 11.1 Å². The van der Waals surface area contributed by atoms with Gasteiger partial charge in [-0.15, -0.1) is 11.8 Å². The summed E-state index contributed by atoms with van der Waals surface area (Å²) in [5, 5.41) is 3.03. The molecule has 3 aromatic carbocycles. The number of thioether (sulfide) groups is 1. The quantitative estimate of drug-likeness (QED) is 0.500. The fourth-order valence-corrected chi connectivity index (χ4v) is 6.20. The Morgan fingerprint density at radius 3 is 2.44 bits per heavy atom. The van der Waals surface area contributed by atoms with E-state index in [0.29, 0.717) is 24.8 Å². The molecule has 1 fully saturated rings. The largest absolute Gasteiger partial charge is 0.323 e. The Balaban J connectivity index is 1.45. The second-order valence-electron chi connectivity index (χ2n) is 9.25. The van der Waals surface area contributed by atoms with E-state index in [-0.39, 0.29) is 11.9 Å². The smallest absolute Gasteiger partial charge is 0.308 e. The summed E-state index contributed by atoms with van der Waals surface area (Å²) in [5.74, 6) is 1.08. The van der Waals surface area contributed by atoms with Gasteiger partial charge in [0.15, 0.2) is 4.87 Å². The topological polar surface area (TPSA) is 52.7 Å². The first-order valence-corrected chi connectivity index (χ1v) is 12.7. The lowest BCUT2D eigenvalue weighted by Crippen LogP contribution is -2.51. The number of aryl methyl sites for hydroxylation is 1. The zero-order valence-electron chi connectivity index (χ0n) is 19.7. The highest BCUT2D eigenvalue weighted by Gasteiger charge is 2.59. The third-order valence-corrected chi connectivity index (χ3v) is 8.06. The second-order valence-corrected chi connectivity index (χ2v) is 10.5. The normalized spacial score (nSPS) is 19.2. The number of rotatable bonds is 4. The number of carbonyl (C=O) groups is 2. The lowest BCUT2D eigenvalue weighted by atomic mass is 10.0. The third-order valence-electron chi connectivity index (χ3n) is 6.64. The van der Waals surface area contributed by atoms with E-state index in [9.17, 15) is 9.59 Å². The Kier molecular flexibility index (Phi) is 5.86. The van der Waals surface area contributed by atoms with Gasteiger partial charge >= 0.3 is 6.03 Å². The van der Waals surface area contributed by atoms with Gasteiger partial charge in [-0.05, 0) is 42.2 Å². The number of benzene rings is 3. The Bertz CT molecular complexity index is 1220. The van der Waals surface area contributed by atoms with Crippen LogP contribution in [0.4, 0.5) is 16.2 Å². The molecule has 1 atom stereocenters. The second kappa shape index (κ2) is 8.84. The summed E-state index contributed by atoms with van der Waals surface area (Å²) in [7, 11) is 0. The number of para-hydroxylation sites is 1. The lowest BCUT2D eigenvalue weighted by molar-refractivity contribution is -0.123. The van der Waals surface area contributed by atoms with Crippen LogP contribution in [0.25, 0.3) is 0 Å². The first-order valence-electron chi connectivity index (χ1n) is 11.7. The Labute approximate surface area is 205 Å². The summed E-state index contributed by atoms with van der Waals surface area (Å²) in [6, 6.07) is 23.8. The van der Waals surface area contributed by atoms with E-state index in [1.807, 2.05) is 53.4 Å². The number of amides is 3. The molecular formula is C28H29N3O2S. The predicted octanol–water partition coefficient (Wildman–Crippen LogP) is 6.10. The Morgan fingerprint density at radius 2 is 1.74 bits per heavy atom. The molecule has 6 heteroatoms. The molecule has 0 radical (unpaired) electrons. The van der Waals surface area contributed by atoms with Crippen LogP contribution in [-0.2, 0) is 16.2 Å². The van der Waals surface area contributed by atoms with Crippen molar-refractivity contribution in [1.82, 2.24) is 4.90 Å².